The molecule has 38 heavy (non-hydrogen) atoms. The molecule has 0 saturated carbocycles. The van der Waals surface area contributed by atoms with E-state index < -0.39 is 5.97 Å². The van der Waals surface area contributed by atoms with E-state index in [1.54, 1.807) is 11.0 Å². The normalized spacial score (nSPS) is 15.4. The van der Waals surface area contributed by atoms with Crippen molar-refractivity contribution in [1.29, 1.82) is 0 Å². The fourth-order valence-corrected chi connectivity index (χ4v) is 5.86. The van der Waals surface area contributed by atoms with Gasteiger partial charge in [-0.05, 0) is 57.4 Å². The van der Waals surface area contributed by atoms with Crippen molar-refractivity contribution in [3.63, 3.8) is 0 Å². The molecule has 0 aliphatic carbocycles. The molecule has 1 amide bonds. The van der Waals surface area contributed by atoms with E-state index in [9.17, 15) is 19.8 Å². The van der Waals surface area contributed by atoms with E-state index in [2.05, 4.69) is 21.6 Å². The van der Waals surface area contributed by atoms with Crippen LogP contribution in [0.1, 0.15) is 62.9 Å². The standard InChI is InChI=1S/C28H30ClN5O4/c1-15-13-33(14-19-8-7-18(12-30-19)28(37)38)27(36)26-20(6-5-11-35)21-9-10-22(29)24(25(21)34(15)26)23-16(2)31-32(4)17(23)3/h7-10,12,15,35H,5-6,11,13-14H2,1-4H3,(H,37,38). The van der Waals surface area contributed by atoms with Crippen molar-refractivity contribution in [1.82, 2.24) is 24.2 Å². The van der Waals surface area contributed by atoms with Gasteiger partial charge in [0.2, 0.25) is 0 Å². The van der Waals surface area contributed by atoms with Gasteiger partial charge in [0.1, 0.15) is 5.69 Å². The first-order chi connectivity index (χ1) is 18.1. The Balaban J connectivity index is 1.69. The van der Waals surface area contributed by atoms with Crippen molar-refractivity contribution < 1.29 is 19.8 Å². The van der Waals surface area contributed by atoms with E-state index in [1.807, 2.05) is 37.7 Å². The number of aliphatic hydroxyl groups excluding tert-OH is 1. The topological polar surface area (TPSA) is 113 Å². The lowest BCUT2D eigenvalue weighted by atomic mass is 9.98. The summed E-state index contributed by atoms with van der Waals surface area (Å²) in [6.45, 7) is 6.78. The maximum Gasteiger partial charge on any atom is 0.337 e. The maximum absolute atomic E-state index is 14.0. The van der Waals surface area contributed by atoms with Crippen LogP contribution in [0, 0.1) is 13.8 Å². The number of carbonyl (C=O) groups excluding carboxylic acids is 1. The number of carboxylic acids is 1. The highest BCUT2D eigenvalue weighted by molar-refractivity contribution is 6.35. The smallest absolute Gasteiger partial charge is 0.337 e. The second-order valence-corrected chi connectivity index (χ2v) is 10.3. The number of fused-ring (bicyclic) bond motifs is 3. The highest BCUT2D eigenvalue weighted by atomic mass is 35.5. The zero-order valence-electron chi connectivity index (χ0n) is 21.8. The highest BCUT2D eigenvalue weighted by Gasteiger charge is 2.36. The van der Waals surface area contributed by atoms with Crippen molar-refractivity contribution in [2.75, 3.05) is 13.2 Å². The number of hydrogen-bond donors (Lipinski definition) is 2. The Bertz CT molecular complexity index is 1570. The molecule has 4 heterocycles. The van der Waals surface area contributed by atoms with Gasteiger partial charge in [-0.1, -0.05) is 17.7 Å². The Morgan fingerprint density at radius 3 is 2.55 bits per heavy atom. The van der Waals surface area contributed by atoms with Crippen LogP contribution in [-0.2, 0) is 20.0 Å². The van der Waals surface area contributed by atoms with Crippen LogP contribution in [-0.4, -0.2) is 59.5 Å². The number of carbonyl (C=O) groups is 2. The van der Waals surface area contributed by atoms with Crippen LogP contribution in [0.2, 0.25) is 5.02 Å². The van der Waals surface area contributed by atoms with E-state index in [-0.39, 0.29) is 30.7 Å². The maximum atomic E-state index is 14.0. The van der Waals surface area contributed by atoms with Crippen molar-refractivity contribution in [3.8, 4) is 11.1 Å². The monoisotopic (exact) mass is 535 g/mol. The van der Waals surface area contributed by atoms with Gasteiger partial charge < -0.3 is 19.7 Å². The minimum atomic E-state index is -1.04. The lowest BCUT2D eigenvalue weighted by Gasteiger charge is -2.34. The lowest BCUT2D eigenvalue weighted by Crippen LogP contribution is -2.42. The number of aryl methyl sites for hydroxylation is 3. The summed E-state index contributed by atoms with van der Waals surface area (Å²) in [5.74, 6) is -1.17. The predicted molar refractivity (Wildman–Crippen MR) is 145 cm³/mol. The van der Waals surface area contributed by atoms with Crippen LogP contribution in [0.4, 0.5) is 0 Å². The van der Waals surface area contributed by atoms with Gasteiger partial charge in [0.25, 0.3) is 5.91 Å². The SMILES string of the molecule is Cc1nn(C)c(C)c1-c1c(Cl)ccc2c(CCCO)c3n(c12)C(C)CN(Cc1ccc(C(=O)O)cn1)C3=O. The molecule has 0 spiro atoms. The third-order valence-electron chi connectivity index (χ3n) is 7.40. The number of pyridine rings is 1. The first-order valence-corrected chi connectivity index (χ1v) is 13.0. The van der Waals surface area contributed by atoms with Crippen LogP contribution in [0.5, 0.6) is 0 Å². The molecule has 2 N–H and O–H groups in total. The number of aliphatic hydroxyl groups is 1. The molecule has 1 unspecified atom stereocenters. The molecule has 198 valence electrons. The van der Waals surface area contributed by atoms with E-state index in [0.717, 1.165) is 39.0 Å². The largest absolute Gasteiger partial charge is 0.478 e. The van der Waals surface area contributed by atoms with Gasteiger partial charge in [-0.25, -0.2) is 4.79 Å². The Morgan fingerprint density at radius 2 is 1.95 bits per heavy atom. The average molecular weight is 536 g/mol. The number of amides is 1. The quantitative estimate of drug-likeness (QED) is 0.359. The Hall–Kier alpha value is -3.69. The summed E-state index contributed by atoms with van der Waals surface area (Å²) in [6, 6.07) is 6.92. The number of aromatic nitrogens is 4. The van der Waals surface area contributed by atoms with Crippen molar-refractivity contribution >= 4 is 34.4 Å². The van der Waals surface area contributed by atoms with Crippen LogP contribution >= 0.6 is 11.6 Å². The molecule has 0 fully saturated rings. The summed E-state index contributed by atoms with van der Waals surface area (Å²) < 4.78 is 3.94. The number of aromatic carboxylic acids is 1. The number of halogens is 1. The second kappa shape index (κ2) is 9.89. The molecule has 0 radical (unpaired) electrons. The minimum absolute atomic E-state index is 0.0146. The summed E-state index contributed by atoms with van der Waals surface area (Å²) in [4.78, 5) is 31.3. The number of hydrogen-bond acceptors (Lipinski definition) is 5. The van der Waals surface area contributed by atoms with Crippen LogP contribution in [0.25, 0.3) is 22.0 Å². The summed E-state index contributed by atoms with van der Waals surface area (Å²) in [5.41, 5.74) is 6.77. The number of rotatable bonds is 7. The second-order valence-electron chi connectivity index (χ2n) is 9.89. The zero-order chi connectivity index (χ0) is 27.3. The third-order valence-corrected chi connectivity index (χ3v) is 7.72. The van der Waals surface area contributed by atoms with E-state index >= 15 is 0 Å². The van der Waals surface area contributed by atoms with Gasteiger partial charge in [-0.15, -0.1) is 0 Å². The molecule has 4 aromatic rings. The summed E-state index contributed by atoms with van der Waals surface area (Å²) in [7, 11) is 1.90. The first-order valence-electron chi connectivity index (χ1n) is 12.6. The molecule has 0 saturated heterocycles. The molecular weight excluding hydrogens is 506 g/mol. The molecule has 5 rings (SSSR count). The third kappa shape index (κ3) is 4.16. The molecule has 1 atom stereocenters. The lowest BCUT2D eigenvalue weighted by molar-refractivity contribution is 0.0657. The number of nitrogens with zero attached hydrogens (tertiary/aromatic N) is 5. The molecule has 1 aromatic carbocycles. The van der Waals surface area contributed by atoms with Crippen LogP contribution in [0.15, 0.2) is 30.5 Å². The molecule has 1 aliphatic heterocycles. The molecular formula is C28H30ClN5O4. The van der Waals surface area contributed by atoms with E-state index in [1.165, 1.54) is 12.3 Å². The van der Waals surface area contributed by atoms with Gasteiger partial charge in [-0.3, -0.25) is 14.5 Å². The van der Waals surface area contributed by atoms with Crippen molar-refractivity contribution in [3.05, 3.63) is 69.4 Å². The molecule has 3 aromatic heterocycles. The first kappa shape index (κ1) is 25.9. The van der Waals surface area contributed by atoms with E-state index in [4.69, 9.17) is 11.6 Å². The van der Waals surface area contributed by atoms with Crippen molar-refractivity contribution in [2.24, 2.45) is 7.05 Å². The Morgan fingerprint density at radius 1 is 1.18 bits per heavy atom. The van der Waals surface area contributed by atoms with Gasteiger partial charge in [0.15, 0.2) is 0 Å². The Kier molecular flexibility index (Phi) is 6.75. The number of benzene rings is 1. The Labute approximate surface area is 225 Å². The van der Waals surface area contributed by atoms with Gasteiger partial charge in [0.05, 0.1) is 34.0 Å². The van der Waals surface area contributed by atoms with Crippen molar-refractivity contribution in [2.45, 2.75) is 46.2 Å². The van der Waals surface area contributed by atoms with Crippen LogP contribution < -0.4 is 0 Å². The number of carboxylic acid groups (broad SMARTS) is 1. The van der Waals surface area contributed by atoms with E-state index in [0.29, 0.717) is 35.8 Å². The predicted octanol–water partition coefficient (Wildman–Crippen LogP) is 4.55. The molecule has 1 aliphatic rings. The fourth-order valence-electron chi connectivity index (χ4n) is 5.61. The molecule has 0 bridgehead atoms. The molecule has 9 nitrogen and oxygen atoms in total. The average Bonchev–Trinajstić information content (AvgIpc) is 3.34. The molecule has 10 heteroatoms. The summed E-state index contributed by atoms with van der Waals surface area (Å²) in [5, 5.41) is 25.0. The van der Waals surface area contributed by atoms with Gasteiger partial charge >= 0.3 is 5.97 Å². The van der Waals surface area contributed by atoms with Gasteiger partial charge in [-0.2, -0.15) is 5.10 Å². The minimum Gasteiger partial charge on any atom is -0.478 e. The van der Waals surface area contributed by atoms with Crippen LogP contribution in [0.3, 0.4) is 0 Å². The summed E-state index contributed by atoms with van der Waals surface area (Å²) >= 11 is 6.87. The van der Waals surface area contributed by atoms with Gasteiger partial charge in [0, 0.05) is 54.6 Å². The highest BCUT2D eigenvalue weighted by Crippen LogP contribution is 2.44. The summed E-state index contributed by atoms with van der Waals surface area (Å²) in [6.07, 6.45) is 2.38. The zero-order valence-corrected chi connectivity index (χ0v) is 22.6. The fraction of sp³-hybridized carbons (Fsp3) is 0.357.